The van der Waals surface area contributed by atoms with E-state index in [1.807, 2.05) is 24.3 Å². The van der Waals surface area contributed by atoms with E-state index >= 15 is 0 Å². The molecule has 0 amide bonds. The number of ether oxygens (including phenoxy) is 3. The van der Waals surface area contributed by atoms with Gasteiger partial charge < -0.3 is 24.4 Å². The number of carbonyl (C=O) groups excluding carboxylic acids is 1. The van der Waals surface area contributed by atoms with Crippen LogP contribution in [0.3, 0.4) is 0 Å². The highest BCUT2D eigenvalue weighted by Crippen LogP contribution is 2.42. The first-order valence-corrected chi connectivity index (χ1v) is 13.6. The van der Waals surface area contributed by atoms with Crippen LogP contribution in [-0.4, -0.2) is 42.4 Å². The lowest BCUT2D eigenvalue weighted by atomic mass is 10.00. The van der Waals surface area contributed by atoms with E-state index in [2.05, 4.69) is 20.9 Å². The number of benzene rings is 2. The summed E-state index contributed by atoms with van der Waals surface area (Å²) in [5, 5.41) is 10.5. The van der Waals surface area contributed by atoms with Gasteiger partial charge in [0.2, 0.25) is 11.6 Å². The molecule has 0 bridgehead atoms. The summed E-state index contributed by atoms with van der Waals surface area (Å²) in [6.45, 7) is 10.7. The van der Waals surface area contributed by atoms with Gasteiger partial charge in [-0.1, -0.05) is 23.9 Å². The molecular formula is C30H25N5O5S. The maximum Gasteiger partial charge on any atom is 0.337 e. The van der Waals surface area contributed by atoms with Crippen molar-refractivity contribution in [3.05, 3.63) is 82.5 Å². The van der Waals surface area contributed by atoms with Gasteiger partial charge in [0.1, 0.15) is 34.5 Å². The van der Waals surface area contributed by atoms with Gasteiger partial charge in [-0.2, -0.15) is 5.26 Å². The number of aryl methyl sites for hydroxylation is 1. The monoisotopic (exact) mass is 567 g/mol. The van der Waals surface area contributed by atoms with Crippen molar-refractivity contribution in [1.29, 1.82) is 5.26 Å². The molecular weight excluding hydrogens is 542 g/mol. The summed E-state index contributed by atoms with van der Waals surface area (Å²) in [7, 11) is 1.33. The quantitative estimate of drug-likeness (QED) is 0.154. The van der Waals surface area contributed by atoms with Crippen LogP contribution in [0.4, 0.5) is 11.5 Å². The Kier molecular flexibility index (Phi) is 8.20. The van der Waals surface area contributed by atoms with Gasteiger partial charge in [-0.25, -0.2) is 19.6 Å². The fourth-order valence-electron chi connectivity index (χ4n) is 4.36. The summed E-state index contributed by atoms with van der Waals surface area (Å²) in [5.41, 5.74) is 9.46. The van der Waals surface area contributed by atoms with E-state index in [1.54, 1.807) is 31.2 Å². The average Bonchev–Trinajstić information content (AvgIpc) is 3.65. The first-order valence-electron chi connectivity index (χ1n) is 12.7. The van der Waals surface area contributed by atoms with Gasteiger partial charge in [-0.15, -0.1) is 0 Å². The maximum absolute atomic E-state index is 11.7. The number of nitriles is 1. The van der Waals surface area contributed by atoms with Crippen LogP contribution in [0.15, 0.2) is 58.0 Å². The van der Waals surface area contributed by atoms with E-state index in [0.717, 1.165) is 6.42 Å². The molecule has 2 aromatic carbocycles. The fourth-order valence-corrected chi connectivity index (χ4v) is 5.36. The Bertz CT molecular complexity index is 1660. The van der Waals surface area contributed by atoms with Gasteiger partial charge in [0.15, 0.2) is 0 Å². The Labute approximate surface area is 240 Å². The molecule has 2 N–H and O–H groups in total. The van der Waals surface area contributed by atoms with Gasteiger partial charge in [-0.05, 0) is 48.9 Å². The number of thioether (sulfide) groups is 1. The molecule has 1 unspecified atom stereocenters. The second-order valence-corrected chi connectivity index (χ2v) is 10.1. The van der Waals surface area contributed by atoms with Crippen LogP contribution in [0.1, 0.15) is 33.8 Å². The van der Waals surface area contributed by atoms with E-state index in [4.69, 9.17) is 30.9 Å². The van der Waals surface area contributed by atoms with Crippen molar-refractivity contribution in [3.63, 3.8) is 0 Å². The van der Waals surface area contributed by atoms with Crippen LogP contribution in [-0.2, 0) is 15.2 Å². The Morgan fingerprint density at radius 1 is 1.20 bits per heavy atom. The van der Waals surface area contributed by atoms with Crippen molar-refractivity contribution in [2.45, 2.75) is 30.2 Å². The molecule has 11 heteroatoms. The Balaban J connectivity index is 1.40. The van der Waals surface area contributed by atoms with Crippen molar-refractivity contribution < 1.29 is 23.4 Å². The van der Waals surface area contributed by atoms with Gasteiger partial charge in [0.25, 0.3) is 0 Å². The molecule has 3 heterocycles. The highest BCUT2D eigenvalue weighted by atomic mass is 32.2. The smallest absolute Gasteiger partial charge is 0.337 e. The lowest BCUT2D eigenvalue weighted by Crippen LogP contribution is -2.15. The number of carbonyl (C=O) groups is 1. The van der Waals surface area contributed by atoms with Crippen molar-refractivity contribution in [3.8, 4) is 34.4 Å². The molecule has 1 aliphatic heterocycles. The molecule has 0 spiro atoms. The zero-order chi connectivity index (χ0) is 28.9. The predicted molar refractivity (Wildman–Crippen MR) is 152 cm³/mol. The minimum absolute atomic E-state index is 0.00798. The molecule has 1 aliphatic rings. The van der Waals surface area contributed by atoms with Crippen LogP contribution < -0.4 is 10.5 Å². The second kappa shape index (κ2) is 12.1. The van der Waals surface area contributed by atoms with Gasteiger partial charge in [-0.3, -0.25) is 0 Å². The first-order chi connectivity index (χ1) is 19.9. The third kappa shape index (κ3) is 5.87. The second-order valence-electron chi connectivity index (χ2n) is 9.13. The van der Waals surface area contributed by atoms with E-state index in [-0.39, 0.29) is 23.2 Å². The number of oxazole rings is 1. The normalized spacial score (nSPS) is 14.3. The molecule has 1 saturated heterocycles. The van der Waals surface area contributed by atoms with E-state index in [0.29, 0.717) is 69.3 Å². The van der Waals surface area contributed by atoms with Crippen LogP contribution in [0.2, 0.25) is 0 Å². The summed E-state index contributed by atoms with van der Waals surface area (Å²) in [5.74, 6) is 1.66. The molecule has 1 fully saturated rings. The molecule has 206 valence electrons. The number of hydrogen-bond donors (Lipinski definition) is 1. The predicted octanol–water partition coefficient (Wildman–Crippen LogP) is 5.96. The number of anilines is 1. The van der Waals surface area contributed by atoms with Crippen molar-refractivity contribution >= 4 is 29.2 Å². The number of nitrogens with zero attached hydrogens (tertiary/aromatic N) is 4. The largest absolute Gasteiger partial charge is 0.488 e. The number of pyridine rings is 1. The zero-order valence-electron chi connectivity index (χ0n) is 22.3. The molecule has 41 heavy (non-hydrogen) atoms. The topological polar surface area (TPSA) is 138 Å². The lowest BCUT2D eigenvalue weighted by Gasteiger charge is -2.15. The zero-order valence-corrected chi connectivity index (χ0v) is 23.2. The number of nitrogen functional groups attached to an aromatic ring is 1. The summed E-state index contributed by atoms with van der Waals surface area (Å²) in [4.78, 5) is 24.3. The van der Waals surface area contributed by atoms with E-state index in [9.17, 15) is 10.1 Å². The third-order valence-corrected chi connectivity index (χ3v) is 7.50. The first kappa shape index (κ1) is 27.7. The van der Waals surface area contributed by atoms with E-state index < -0.39 is 5.97 Å². The summed E-state index contributed by atoms with van der Waals surface area (Å²) < 4.78 is 21.9. The average molecular weight is 568 g/mol. The Morgan fingerprint density at radius 3 is 2.56 bits per heavy atom. The minimum atomic E-state index is -0.427. The summed E-state index contributed by atoms with van der Waals surface area (Å²) in [6, 6.07) is 16.2. The van der Waals surface area contributed by atoms with Crippen molar-refractivity contribution in [1.82, 2.24) is 9.97 Å². The van der Waals surface area contributed by atoms with Gasteiger partial charge in [0.05, 0.1) is 43.7 Å². The maximum atomic E-state index is 11.7. The molecule has 4 aromatic rings. The van der Waals surface area contributed by atoms with Crippen molar-refractivity contribution in [2.24, 2.45) is 0 Å². The molecule has 0 saturated carbocycles. The number of nitrogens with two attached hydrogens (primary N) is 1. The lowest BCUT2D eigenvalue weighted by molar-refractivity contribution is 0.0600. The number of methoxy groups -OCH3 is 1. The highest BCUT2D eigenvalue weighted by Gasteiger charge is 2.23. The Hall–Kier alpha value is -4.84. The molecule has 10 nitrogen and oxygen atoms in total. The molecule has 0 aliphatic carbocycles. The van der Waals surface area contributed by atoms with E-state index in [1.165, 1.54) is 18.9 Å². The molecule has 0 radical (unpaired) electrons. The fraction of sp³-hybridized carbons (Fsp3) is 0.233. The number of hydrogen-bond acceptors (Lipinski definition) is 10. The van der Waals surface area contributed by atoms with Crippen LogP contribution >= 0.6 is 11.8 Å². The molecule has 2 aromatic heterocycles. The van der Waals surface area contributed by atoms with Crippen molar-refractivity contribution in [2.75, 3.05) is 26.1 Å². The number of esters is 1. The van der Waals surface area contributed by atoms with Gasteiger partial charge in [0, 0.05) is 23.3 Å². The summed E-state index contributed by atoms with van der Waals surface area (Å²) in [6.07, 6.45) is 0.839. The summed E-state index contributed by atoms with van der Waals surface area (Å²) >= 11 is 1.28. The number of aromatic nitrogens is 2. The van der Waals surface area contributed by atoms with Gasteiger partial charge >= 0.3 is 5.97 Å². The standard InChI is InChI=1S/C30H25N5O5S/c1-17-24(34-28(39-17)19-4-6-20(7-5-19)30(36)37-3)16-41-29-23(14-31)25(26(33-2)27(32)35-29)18-8-10-21(11-9-18)40-22-12-13-38-15-22/h4-11,22H,12-13,15-16H2,1,3H3,(H2,32,35). The SMILES string of the molecule is [C-]#[N+]c1c(N)nc(SCc2nc(-c3ccc(C(=O)OC)cc3)oc2C)c(C#N)c1-c1ccc(OC2CCOC2)cc1. The number of rotatable bonds is 8. The van der Waals surface area contributed by atoms with Crippen LogP contribution in [0.25, 0.3) is 27.4 Å². The third-order valence-electron chi connectivity index (χ3n) is 6.51. The highest BCUT2D eigenvalue weighted by molar-refractivity contribution is 7.98. The molecule has 1 atom stereocenters. The molecule has 5 rings (SSSR count). The van der Waals surface area contributed by atoms with Crippen LogP contribution in [0.5, 0.6) is 5.75 Å². The Morgan fingerprint density at radius 2 is 1.93 bits per heavy atom. The minimum Gasteiger partial charge on any atom is -0.488 e. The van der Waals surface area contributed by atoms with Crippen LogP contribution in [0, 0.1) is 24.8 Å².